The van der Waals surface area contributed by atoms with E-state index in [0.717, 1.165) is 47.7 Å². The average molecular weight is 391 g/mol. The molecule has 7 heteroatoms. The third kappa shape index (κ3) is 3.52. The maximum absolute atomic E-state index is 13.0. The van der Waals surface area contributed by atoms with Gasteiger partial charge >= 0.3 is 0 Å². The first-order chi connectivity index (χ1) is 14.2. The van der Waals surface area contributed by atoms with Crippen molar-refractivity contribution in [2.24, 2.45) is 0 Å². The Bertz CT molecular complexity index is 1020. The molecule has 1 atom stereocenters. The second-order valence-electron chi connectivity index (χ2n) is 8.00. The summed E-state index contributed by atoms with van der Waals surface area (Å²) in [7, 11) is 1.67. The van der Waals surface area contributed by atoms with Gasteiger partial charge in [-0.2, -0.15) is 10.2 Å². The van der Waals surface area contributed by atoms with E-state index < -0.39 is 0 Å². The highest BCUT2D eigenvalue weighted by Crippen LogP contribution is 2.39. The summed E-state index contributed by atoms with van der Waals surface area (Å²) in [5, 5.41) is 14.8. The van der Waals surface area contributed by atoms with Crippen molar-refractivity contribution in [1.82, 2.24) is 25.3 Å². The molecule has 3 heterocycles. The van der Waals surface area contributed by atoms with Crippen molar-refractivity contribution in [2.45, 2.75) is 37.5 Å². The summed E-state index contributed by atoms with van der Waals surface area (Å²) < 4.78 is 5.37. The molecule has 3 aromatic rings. The van der Waals surface area contributed by atoms with Gasteiger partial charge < -0.3 is 9.64 Å². The van der Waals surface area contributed by atoms with Crippen LogP contribution in [0.5, 0.6) is 5.75 Å². The van der Waals surface area contributed by atoms with Crippen molar-refractivity contribution in [3.8, 4) is 16.9 Å². The van der Waals surface area contributed by atoms with Gasteiger partial charge in [0.1, 0.15) is 11.4 Å². The fourth-order valence-corrected chi connectivity index (χ4v) is 4.24. The number of H-pyrrole nitrogens is 2. The highest BCUT2D eigenvalue weighted by molar-refractivity contribution is 5.92. The van der Waals surface area contributed by atoms with E-state index in [2.05, 4.69) is 26.5 Å². The molecular weight excluding hydrogens is 366 g/mol. The zero-order valence-electron chi connectivity index (χ0n) is 16.5. The lowest BCUT2D eigenvalue weighted by Crippen LogP contribution is -2.39. The van der Waals surface area contributed by atoms with Gasteiger partial charge in [-0.05, 0) is 49.4 Å². The molecule has 0 bridgehead atoms. The minimum absolute atomic E-state index is 0.0142. The average Bonchev–Trinajstić information content (AvgIpc) is 3.29. The van der Waals surface area contributed by atoms with E-state index in [0.29, 0.717) is 18.2 Å². The van der Waals surface area contributed by atoms with Crippen LogP contribution in [-0.2, 0) is 0 Å². The number of carbonyl (C=O) groups excluding carboxylic acids is 1. The second kappa shape index (κ2) is 7.39. The molecule has 2 N–H and O–H groups in total. The molecule has 2 aromatic heterocycles. The lowest BCUT2D eigenvalue weighted by Gasteiger charge is -2.32. The first-order valence-corrected chi connectivity index (χ1v) is 10.2. The number of aromatic amines is 2. The topological polar surface area (TPSA) is 86.9 Å². The van der Waals surface area contributed by atoms with Crippen LogP contribution in [0.3, 0.4) is 0 Å². The minimum Gasteiger partial charge on any atom is -0.497 e. The molecule has 1 aromatic carbocycles. The number of carbonyl (C=O) groups is 1. The normalized spacial score (nSPS) is 19.3. The van der Waals surface area contributed by atoms with Gasteiger partial charge in [-0.15, -0.1) is 0 Å². The fourth-order valence-electron chi connectivity index (χ4n) is 4.24. The Morgan fingerprint density at radius 3 is 2.90 bits per heavy atom. The number of hydrogen-bond donors (Lipinski definition) is 2. The monoisotopic (exact) mass is 391 g/mol. The summed E-state index contributed by atoms with van der Waals surface area (Å²) in [6, 6.07) is 9.93. The quantitative estimate of drug-likeness (QED) is 0.694. The van der Waals surface area contributed by atoms with Crippen molar-refractivity contribution in [2.75, 3.05) is 20.2 Å². The third-order valence-corrected chi connectivity index (χ3v) is 6.00. The summed E-state index contributed by atoms with van der Waals surface area (Å²) in [5.74, 6) is 1.62. The van der Waals surface area contributed by atoms with E-state index in [9.17, 15) is 4.79 Å². The number of amides is 1. The predicted molar refractivity (Wildman–Crippen MR) is 109 cm³/mol. The Balaban J connectivity index is 1.35. The van der Waals surface area contributed by atoms with Crippen molar-refractivity contribution >= 4 is 5.91 Å². The number of piperidine rings is 1. The van der Waals surface area contributed by atoms with Crippen LogP contribution in [0.2, 0.25) is 0 Å². The number of nitrogens with zero attached hydrogens (tertiary/aromatic N) is 3. The molecule has 1 saturated heterocycles. The molecule has 150 valence electrons. The molecule has 1 saturated carbocycles. The molecule has 2 aliphatic rings. The zero-order valence-corrected chi connectivity index (χ0v) is 16.5. The van der Waals surface area contributed by atoms with Crippen molar-refractivity contribution < 1.29 is 9.53 Å². The summed E-state index contributed by atoms with van der Waals surface area (Å²) >= 11 is 0. The largest absolute Gasteiger partial charge is 0.497 e. The lowest BCUT2D eigenvalue weighted by atomic mass is 9.90. The van der Waals surface area contributed by atoms with Gasteiger partial charge in [0, 0.05) is 41.9 Å². The summed E-state index contributed by atoms with van der Waals surface area (Å²) in [4.78, 5) is 14.9. The number of likely N-dealkylation sites (tertiary alicyclic amines) is 1. The number of methoxy groups -OCH3 is 1. The van der Waals surface area contributed by atoms with E-state index >= 15 is 0 Å². The van der Waals surface area contributed by atoms with Gasteiger partial charge in [-0.1, -0.05) is 12.1 Å². The maximum atomic E-state index is 13.0. The van der Waals surface area contributed by atoms with Crippen LogP contribution >= 0.6 is 0 Å². The Labute approximate surface area is 169 Å². The molecule has 5 rings (SSSR count). The van der Waals surface area contributed by atoms with Gasteiger partial charge in [-0.3, -0.25) is 15.0 Å². The maximum Gasteiger partial charge on any atom is 0.274 e. The van der Waals surface area contributed by atoms with E-state index in [1.54, 1.807) is 7.11 Å². The Morgan fingerprint density at radius 1 is 1.17 bits per heavy atom. The zero-order chi connectivity index (χ0) is 19.8. The number of benzene rings is 1. The fraction of sp³-hybridized carbons (Fsp3) is 0.409. The molecule has 1 amide bonds. The lowest BCUT2D eigenvalue weighted by molar-refractivity contribution is 0.0700. The molecule has 1 aliphatic heterocycles. The molecule has 29 heavy (non-hydrogen) atoms. The van der Waals surface area contributed by atoms with Crippen LogP contribution in [0.4, 0.5) is 0 Å². The Kier molecular flexibility index (Phi) is 4.58. The third-order valence-electron chi connectivity index (χ3n) is 6.00. The molecule has 0 unspecified atom stereocenters. The van der Waals surface area contributed by atoms with Crippen molar-refractivity contribution in [3.05, 3.63) is 53.6 Å². The number of nitrogens with one attached hydrogen (secondary N) is 2. The van der Waals surface area contributed by atoms with Crippen molar-refractivity contribution in [3.63, 3.8) is 0 Å². The molecule has 2 fully saturated rings. The summed E-state index contributed by atoms with van der Waals surface area (Å²) in [6.45, 7) is 1.44. The second-order valence-corrected chi connectivity index (χ2v) is 8.00. The summed E-state index contributed by atoms with van der Waals surface area (Å²) in [6.07, 6.45) is 6.23. The van der Waals surface area contributed by atoms with Gasteiger partial charge in [0.25, 0.3) is 5.91 Å². The molecule has 0 spiro atoms. The first-order valence-electron chi connectivity index (χ1n) is 10.2. The summed E-state index contributed by atoms with van der Waals surface area (Å²) in [5.41, 5.74) is 4.84. The van der Waals surface area contributed by atoms with Crippen LogP contribution in [0.15, 0.2) is 36.5 Å². The Morgan fingerprint density at radius 2 is 2.07 bits per heavy atom. The van der Waals surface area contributed by atoms with Crippen molar-refractivity contribution in [1.29, 1.82) is 0 Å². The van der Waals surface area contributed by atoms with Crippen LogP contribution in [-0.4, -0.2) is 51.4 Å². The van der Waals surface area contributed by atoms with Gasteiger partial charge in [-0.25, -0.2) is 0 Å². The molecular formula is C22H25N5O2. The molecule has 7 nitrogen and oxygen atoms in total. The standard InChI is InChI=1S/C22H25N5O2/c1-29-17-6-2-4-15(10-17)18-12-23-26-21(18)16-5-3-9-27(13-16)22(28)20-11-19(24-25-20)14-7-8-14/h2,4,6,10-12,14,16H,3,5,7-9,13H2,1H3,(H,23,26)(H,24,25)/t16-/m1/s1. The minimum atomic E-state index is 0.0142. The van der Waals surface area contributed by atoms with Gasteiger partial charge in [0.05, 0.1) is 13.3 Å². The number of aromatic nitrogens is 4. The smallest absolute Gasteiger partial charge is 0.274 e. The van der Waals surface area contributed by atoms with Crippen LogP contribution in [0.1, 0.15) is 59.4 Å². The highest BCUT2D eigenvalue weighted by Gasteiger charge is 2.31. The van der Waals surface area contributed by atoms with Crippen LogP contribution in [0.25, 0.3) is 11.1 Å². The highest BCUT2D eigenvalue weighted by atomic mass is 16.5. The SMILES string of the molecule is COc1cccc(-c2cn[nH]c2[C@@H]2CCCN(C(=O)c3cc(C4CC4)[nH]n3)C2)c1. The van der Waals surface area contributed by atoms with E-state index in [4.69, 9.17) is 4.74 Å². The molecule has 0 radical (unpaired) electrons. The van der Waals surface area contributed by atoms with Gasteiger partial charge in [0.2, 0.25) is 0 Å². The van der Waals surface area contributed by atoms with E-state index in [-0.39, 0.29) is 11.8 Å². The first kappa shape index (κ1) is 18.0. The number of hydrogen-bond acceptors (Lipinski definition) is 4. The molecule has 1 aliphatic carbocycles. The van der Waals surface area contributed by atoms with E-state index in [1.165, 1.54) is 12.8 Å². The van der Waals surface area contributed by atoms with Gasteiger partial charge in [0.15, 0.2) is 0 Å². The number of ether oxygens (including phenoxy) is 1. The van der Waals surface area contributed by atoms with Crippen LogP contribution < -0.4 is 4.74 Å². The number of rotatable bonds is 5. The van der Waals surface area contributed by atoms with Crippen LogP contribution in [0, 0.1) is 0 Å². The van der Waals surface area contributed by atoms with E-state index in [1.807, 2.05) is 35.4 Å². The predicted octanol–water partition coefficient (Wildman–Crippen LogP) is 3.71. The Hall–Kier alpha value is -3.09.